The van der Waals surface area contributed by atoms with Gasteiger partial charge < -0.3 is 10.2 Å². The molecule has 108 valence electrons. The fourth-order valence-corrected chi connectivity index (χ4v) is 2.26. The van der Waals surface area contributed by atoms with Crippen LogP contribution in [0.2, 0.25) is 0 Å². The van der Waals surface area contributed by atoms with Gasteiger partial charge in [0.25, 0.3) is 0 Å². The van der Waals surface area contributed by atoms with Gasteiger partial charge in [-0.3, -0.25) is 15.0 Å². The van der Waals surface area contributed by atoms with E-state index >= 15 is 0 Å². The summed E-state index contributed by atoms with van der Waals surface area (Å²) in [5.41, 5.74) is 1.06. The fourth-order valence-electron chi connectivity index (χ4n) is 2.26. The number of amides is 1. The van der Waals surface area contributed by atoms with Crippen LogP contribution in [-0.4, -0.2) is 35.9 Å². The number of phenols is 1. The molecule has 1 aromatic heterocycles. The van der Waals surface area contributed by atoms with E-state index in [-0.39, 0.29) is 18.8 Å². The van der Waals surface area contributed by atoms with E-state index in [1.165, 1.54) is 27.8 Å². The summed E-state index contributed by atoms with van der Waals surface area (Å²) >= 11 is 0. The molecule has 2 heterocycles. The molecule has 0 atom stereocenters. The Morgan fingerprint density at radius 1 is 1.38 bits per heavy atom. The number of hydrogen-bond acceptors (Lipinski definition) is 5. The minimum absolute atomic E-state index is 0.160. The van der Waals surface area contributed by atoms with Crippen molar-refractivity contribution < 1.29 is 19.9 Å². The Morgan fingerprint density at radius 3 is 2.76 bits per heavy atom. The van der Waals surface area contributed by atoms with Crippen LogP contribution >= 0.6 is 0 Å². The number of nitro groups is 1. The molecule has 1 aromatic carbocycles. The van der Waals surface area contributed by atoms with E-state index in [4.69, 9.17) is 5.11 Å². The van der Waals surface area contributed by atoms with Crippen molar-refractivity contribution in [2.45, 2.75) is 13.1 Å². The Bertz CT molecular complexity index is 731. The summed E-state index contributed by atoms with van der Waals surface area (Å²) in [6, 6.07) is 4.14. The lowest BCUT2D eigenvalue weighted by molar-refractivity contribution is -0.385. The van der Waals surface area contributed by atoms with E-state index < -0.39 is 22.5 Å². The number of fused-ring (bicyclic) bond motifs is 1. The van der Waals surface area contributed by atoms with E-state index in [0.717, 1.165) is 0 Å². The first-order valence-corrected chi connectivity index (χ1v) is 5.99. The van der Waals surface area contributed by atoms with Crippen LogP contribution in [0.3, 0.4) is 0 Å². The first kappa shape index (κ1) is 12.9. The van der Waals surface area contributed by atoms with Crippen LogP contribution in [-0.2, 0) is 13.1 Å². The minimum Gasteiger partial charge on any atom is -0.501 e. The molecule has 0 spiro atoms. The third-order valence-corrected chi connectivity index (χ3v) is 3.29. The highest BCUT2D eigenvalue weighted by Crippen LogP contribution is 2.33. The summed E-state index contributed by atoms with van der Waals surface area (Å²) in [4.78, 5) is 22.2. The van der Waals surface area contributed by atoms with Gasteiger partial charge in [-0.2, -0.15) is 5.10 Å². The molecule has 0 bridgehead atoms. The topological polar surface area (TPSA) is 122 Å². The second kappa shape index (κ2) is 4.47. The van der Waals surface area contributed by atoms with Crippen molar-refractivity contribution in [3.8, 4) is 11.4 Å². The molecular formula is C12H10N4O5. The van der Waals surface area contributed by atoms with Crippen LogP contribution in [0.1, 0.15) is 11.3 Å². The molecule has 0 aliphatic carbocycles. The average molecular weight is 290 g/mol. The Labute approximate surface area is 117 Å². The standard InChI is InChI=1S/C12H10N4O5/c17-11-9(2-1-3-10(11)16(20)21)15-5-7-4-14(12(18)19)6-8(7)13-15/h1-3,5,17H,4,6H2,(H,18,19). The highest BCUT2D eigenvalue weighted by atomic mass is 16.6. The van der Waals surface area contributed by atoms with E-state index in [2.05, 4.69) is 5.10 Å². The van der Waals surface area contributed by atoms with Crippen molar-refractivity contribution in [1.29, 1.82) is 0 Å². The van der Waals surface area contributed by atoms with Gasteiger partial charge in [-0.1, -0.05) is 6.07 Å². The number of rotatable bonds is 2. The molecule has 0 radical (unpaired) electrons. The van der Waals surface area contributed by atoms with Crippen LogP contribution < -0.4 is 0 Å². The molecule has 21 heavy (non-hydrogen) atoms. The Balaban J connectivity index is 1.98. The first-order valence-electron chi connectivity index (χ1n) is 5.99. The number of benzene rings is 1. The van der Waals surface area contributed by atoms with Gasteiger partial charge in [0.2, 0.25) is 5.75 Å². The summed E-state index contributed by atoms with van der Waals surface area (Å²) in [6.45, 7) is 0.369. The molecule has 1 amide bonds. The summed E-state index contributed by atoms with van der Waals surface area (Å²) in [6.07, 6.45) is 0.537. The highest BCUT2D eigenvalue weighted by molar-refractivity contribution is 5.66. The molecule has 0 unspecified atom stereocenters. The second-order valence-corrected chi connectivity index (χ2v) is 4.59. The third-order valence-electron chi connectivity index (χ3n) is 3.29. The zero-order valence-electron chi connectivity index (χ0n) is 10.6. The molecule has 9 heteroatoms. The van der Waals surface area contributed by atoms with Crippen LogP contribution in [0.25, 0.3) is 5.69 Å². The third kappa shape index (κ3) is 2.04. The minimum atomic E-state index is -1.03. The SMILES string of the molecule is O=C(O)N1Cc2cn(-c3cccc([N+](=O)[O-])c3O)nc2C1. The van der Waals surface area contributed by atoms with Crippen LogP contribution in [0.5, 0.6) is 5.75 Å². The quantitative estimate of drug-likeness (QED) is 0.638. The highest BCUT2D eigenvalue weighted by Gasteiger charge is 2.27. The monoisotopic (exact) mass is 290 g/mol. The summed E-state index contributed by atoms with van der Waals surface area (Å²) in [5, 5.41) is 33.8. The van der Waals surface area contributed by atoms with E-state index in [0.29, 0.717) is 11.3 Å². The molecule has 9 nitrogen and oxygen atoms in total. The summed E-state index contributed by atoms with van der Waals surface area (Å²) in [5.74, 6) is -0.473. The Hall–Kier alpha value is -3.10. The van der Waals surface area contributed by atoms with Gasteiger partial charge in [0, 0.05) is 17.8 Å². The lowest BCUT2D eigenvalue weighted by Gasteiger charge is -2.10. The van der Waals surface area contributed by atoms with Crippen LogP contribution in [0, 0.1) is 10.1 Å². The number of aromatic nitrogens is 2. The largest absolute Gasteiger partial charge is 0.501 e. The lowest BCUT2D eigenvalue weighted by Crippen LogP contribution is -2.23. The maximum absolute atomic E-state index is 10.9. The van der Waals surface area contributed by atoms with Gasteiger partial charge in [-0.05, 0) is 6.07 Å². The van der Waals surface area contributed by atoms with Crippen molar-refractivity contribution in [3.63, 3.8) is 0 Å². The predicted octanol–water partition coefficient (Wildman–Crippen LogP) is 1.48. The van der Waals surface area contributed by atoms with Gasteiger partial charge in [0.05, 0.1) is 23.7 Å². The van der Waals surface area contributed by atoms with Gasteiger partial charge in [-0.25, -0.2) is 9.48 Å². The smallest absolute Gasteiger partial charge is 0.407 e. The molecule has 0 saturated carbocycles. The fraction of sp³-hybridized carbons (Fsp3) is 0.167. The summed E-state index contributed by atoms with van der Waals surface area (Å²) < 4.78 is 1.33. The molecule has 1 aliphatic rings. The van der Waals surface area contributed by atoms with Gasteiger partial charge >= 0.3 is 11.8 Å². The molecule has 0 fully saturated rings. The summed E-state index contributed by atoms with van der Waals surface area (Å²) in [7, 11) is 0. The van der Waals surface area contributed by atoms with Crippen LogP contribution in [0.15, 0.2) is 24.4 Å². The maximum atomic E-state index is 10.9. The van der Waals surface area contributed by atoms with E-state index in [9.17, 15) is 20.0 Å². The maximum Gasteiger partial charge on any atom is 0.407 e. The number of carbonyl (C=O) groups is 1. The normalized spacial score (nSPS) is 13.2. The van der Waals surface area contributed by atoms with Gasteiger partial charge in [0.15, 0.2) is 0 Å². The number of carboxylic acid groups (broad SMARTS) is 1. The van der Waals surface area contributed by atoms with Crippen molar-refractivity contribution in [1.82, 2.24) is 14.7 Å². The van der Waals surface area contributed by atoms with E-state index in [1.54, 1.807) is 6.20 Å². The predicted molar refractivity (Wildman–Crippen MR) is 69.2 cm³/mol. The number of phenolic OH excluding ortho intramolecular Hbond substituents is 1. The molecule has 3 rings (SSSR count). The zero-order valence-corrected chi connectivity index (χ0v) is 10.6. The first-order chi connectivity index (χ1) is 9.97. The van der Waals surface area contributed by atoms with Crippen LogP contribution in [0.4, 0.5) is 10.5 Å². The molecule has 2 N–H and O–H groups in total. The molecular weight excluding hydrogens is 280 g/mol. The Kier molecular flexibility index (Phi) is 2.75. The molecule has 1 aliphatic heterocycles. The number of para-hydroxylation sites is 1. The number of nitro benzene ring substituents is 1. The number of nitrogens with zero attached hydrogens (tertiary/aromatic N) is 4. The Morgan fingerprint density at radius 2 is 2.14 bits per heavy atom. The van der Waals surface area contributed by atoms with Crippen molar-refractivity contribution in [2.24, 2.45) is 0 Å². The van der Waals surface area contributed by atoms with Gasteiger partial charge in [0.1, 0.15) is 5.69 Å². The van der Waals surface area contributed by atoms with Gasteiger partial charge in [-0.15, -0.1) is 0 Å². The van der Waals surface area contributed by atoms with Crippen molar-refractivity contribution in [3.05, 3.63) is 45.8 Å². The average Bonchev–Trinajstić information content (AvgIpc) is 2.96. The van der Waals surface area contributed by atoms with E-state index in [1.807, 2.05) is 0 Å². The number of hydrogen-bond donors (Lipinski definition) is 2. The second-order valence-electron chi connectivity index (χ2n) is 4.59. The lowest BCUT2D eigenvalue weighted by atomic mass is 10.2. The zero-order chi connectivity index (χ0) is 15.1. The van der Waals surface area contributed by atoms with Crippen molar-refractivity contribution >= 4 is 11.8 Å². The molecule has 2 aromatic rings. The van der Waals surface area contributed by atoms with Crippen molar-refractivity contribution in [2.75, 3.05) is 0 Å². The number of aromatic hydroxyl groups is 1. The molecule has 0 saturated heterocycles.